The molecule has 0 aromatic heterocycles. The Balaban J connectivity index is 1.55. The number of sulfonamides is 1. The molecule has 0 unspecified atom stereocenters. The number of rotatable bonds is 6. The van der Waals surface area contributed by atoms with Gasteiger partial charge in [0.2, 0.25) is 15.9 Å². The minimum Gasteiger partial charge on any atom is -0.340 e. The number of urea groups is 1. The molecule has 2 heterocycles. The molecule has 2 saturated heterocycles. The minimum atomic E-state index is -3.26. The van der Waals surface area contributed by atoms with E-state index in [9.17, 15) is 22.8 Å². The van der Waals surface area contributed by atoms with Crippen molar-refractivity contribution in [3.8, 4) is 0 Å². The lowest BCUT2D eigenvalue weighted by atomic mass is 10.0. The van der Waals surface area contributed by atoms with Gasteiger partial charge in [0.15, 0.2) is 0 Å². The molecule has 1 aromatic rings. The van der Waals surface area contributed by atoms with Gasteiger partial charge in [0.1, 0.15) is 6.04 Å². The van der Waals surface area contributed by atoms with Crippen molar-refractivity contribution in [1.29, 1.82) is 0 Å². The minimum absolute atomic E-state index is 0.107. The van der Waals surface area contributed by atoms with Crippen LogP contribution in [0.5, 0.6) is 0 Å². The van der Waals surface area contributed by atoms with E-state index in [1.54, 1.807) is 17.0 Å². The molecule has 2 fully saturated rings. The van der Waals surface area contributed by atoms with E-state index in [1.165, 1.54) is 4.31 Å². The highest BCUT2D eigenvalue weighted by molar-refractivity contribution is 7.88. The van der Waals surface area contributed by atoms with Gasteiger partial charge < -0.3 is 10.2 Å². The third kappa shape index (κ3) is 4.81. The zero-order chi connectivity index (χ0) is 22.1. The first-order valence-corrected chi connectivity index (χ1v) is 11.9. The van der Waals surface area contributed by atoms with Crippen molar-refractivity contribution in [2.24, 2.45) is 0 Å². The lowest BCUT2D eigenvalue weighted by Crippen LogP contribution is -2.50. The first-order chi connectivity index (χ1) is 14.1. The number of benzene rings is 1. The van der Waals surface area contributed by atoms with Crippen LogP contribution in [0.1, 0.15) is 38.2 Å². The van der Waals surface area contributed by atoms with Gasteiger partial charge in [-0.15, -0.1) is 0 Å². The SMILES string of the molecule is CC(C)c1ccc(N2C(=O)N[C@@H](CCC(=O)N3CCN(S(C)(=O)=O)CC3)C2=O)cc1. The Bertz CT molecular complexity index is 921. The van der Waals surface area contributed by atoms with Crippen LogP contribution in [0.4, 0.5) is 10.5 Å². The van der Waals surface area contributed by atoms with E-state index in [4.69, 9.17) is 0 Å². The van der Waals surface area contributed by atoms with E-state index in [2.05, 4.69) is 19.2 Å². The van der Waals surface area contributed by atoms with Crippen molar-refractivity contribution in [3.05, 3.63) is 29.8 Å². The Morgan fingerprint density at radius 3 is 2.23 bits per heavy atom. The Labute approximate surface area is 177 Å². The van der Waals surface area contributed by atoms with Crippen LogP contribution < -0.4 is 10.2 Å². The molecule has 1 atom stereocenters. The van der Waals surface area contributed by atoms with E-state index in [-0.39, 0.29) is 37.7 Å². The van der Waals surface area contributed by atoms with Gasteiger partial charge in [-0.25, -0.2) is 18.1 Å². The van der Waals surface area contributed by atoms with Gasteiger partial charge in [0.05, 0.1) is 11.9 Å². The number of imide groups is 1. The van der Waals surface area contributed by atoms with Gasteiger partial charge in [-0.05, 0) is 30.0 Å². The van der Waals surface area contributed by atoms with Crippen molar-refractivity contribution in [2.45, 2.75) is 38.6 Å². The molecule has 2 aliphatic heterocycles. The summed E-state index contributed by atoms with van der Waals surface area (Å²) in [5.41, 5.74) is 1.62. The van der Waals surface area contributed by atoms with Gasteiger partial charge in [-0.1, -0.05) is 26.0 Å². The zero-order valence-corrected chi connectivity index (χ0v) is 18.3. The first-order valence-electron chi connectivity index (χ1n) is 10.0. The molecule has 10 heteroatoms. The molecule has 0 bridgehead atoms. The molecular weight excluding hydrogens is 408 g/mol. The molecule has 0 spiro atoms. The maximum absolute atomic E-state index is 12.7. The second-order valence-electron chi connectivity index (χ2n) is 8.00. The van der Waals surface area contributed by atoms with Crippen LogP contribution in [-0.4, -0.2) is 73.9 Å². The van der Waals surface area contributed by atoms with Crippen LogP contribution in [0.25, 0.3) is 0 Å². The highest BCUT2D eigenvalue weighted by Gasteiger charge is 2.39. The zero-order valence-electron chi connectivity index (χ0n) is 17.5. The molecule has 9 nitrogen and oxygen atoms in total. The predicted octanol–water partition coefficient (Wildman–Crippen LogP) is 1.12. The third-order valence-corrected chi connectivity index (χ3v) is 6.85. The largest absolute Gasteiger partial charge is 0.340 e. The molecular formula is C20H28N4O5S. The Morgan fingerprint density at radius 2 is 1.70 bits per heavy atom. The first kappa shape index (κ1) is 22.2. The number of nitrogens with zero attached hydrogens (tertiary/aromatic N) is 3. The Kier molecular flexibility index (Phi) is 6.47. The number of carbonyl (C=O) groups is 3. The average Bonchev–Trinajstić information content (AvgIpc) is 2.99. The van der Waals surface area contributed by atoms with E-state index >= 15 is 0 Å². The summed E-state index contributed by atoms with van der Waals surface area (Å²) >= 11 is 0. The molecule has 1 N–H and O–H groups in total. The van der Waals surface area contributed by atoms with Gasteiger partial charge in [0.25, 0.3) is 5.91 Å². The molecule has 0 saturated carbocycles. The maximum Gasteiger partial charge on any atom is 0.329 e. The predicted molar refractivity (Wildman–Crippen MR) is 113 cm³/mol. The van der Waals surface area contributed by atoms with Crippen molar-refractivity contribution >= 4 is 33.6 Å². The summed E-state index contributed by atoms with van der Waals surface area (Å²) in [5.74, 6) is -0.169. The van der Waals surface area contributed by atoms with Crippen LogP contribution >= 0.6 is 0 Å². The smallest absolute Gasteiger partial charge is 0.329 e. The molecule has 4 amide bonds. The summed E-state index contributed by atoms with van der Waals surface area (Å²) in [6, 6.07) is 6.06. The summed E-state index contributed by atoms with van der Waals surface area (Å²) in [7, 11) is -3.26. The number of piperazine rings is 1. The lowest BCUT2D eigenvalue weighted by molar-refractivity contribution is -0.132. The van der Waals surface area contributed by atoms with E-state index in [0.29, 0.717) is 24.7 Å². The fourth-order valence-electron chi connectivity index (χ4n) is 3.67. The number of hydrogen-bond donors (Lipinski definition) is 1. The van der Waals surface area contributed by atoms with Gasteiger partial charge >= 0.3 is 6.03 Å². The van der Waals surface area contributed by atoms with Crippen LogP contribution in [0.3, 0.4) is 0 Å². The molecule has 0 radical (unpaired) electrons. The summed E-state index contributed by atoms with van der Waals surface area (Å²) in [5, 5.41) is 2.65. The molecule has 3 rings (SSSR count). The molecule has 1 aromatic carbocycles. The summed E-state index contributed by atoms with van der Waals surface area (Å²) in [6.45, 7) is 5.32. The van der Waals surface area contributed by atoms with Crippen LogP contribution in [0.2, 0.25) is 0 Å². The van der Waals surface area contributed by atoms with Crippen molar-refractivity contribution in [1.82, 2.24) is 14.5 Å². The van der Waals surface area contributed by atoms with E-state index in [0.717, 1.165) is 16.7 Å². The number of hydrogen-bond acceptors (Lipinski definition) is 5. The fourth-order valence-corrected chi connectivity index (χ4v) is 4.50. The molecule has 2 aliphatic rings. The molecule has 164 valence electrons. The number of nitrogens with one attached hydrogen (secondary N) is 1. The molecule has 30 heavy (non-hydrogen) atoms. The second kappa shape index (κ2) is 8.73. The monoisotopic (exact) mass is 436 g/mol. The average molecular weight is 437 g/mol. The van der Waals surface area contributed by atoms with Crippen LogP contribution in [0, 0.1) is 0 Å². The van der Waals surface area contributed by atoms with Gasteiger partial charge in [0, 0.05) is 32.6 Å². The summed E-state index contributed by atoms with van der Waals surface area (Å²) in [4.78, 5) is 40.2. The van der Waals surface area contributed by atoms with E-state index < -0.39 is 22.1 Å². The highest BCUT2D eigenvalue weighted by Crippen LogP contribution is 2.24. The summed E-state index contributed by atoms with van der Waals surface area (Å²) < 4.78 is 24.5. The van der Waals surface area contributed by atoms with Crippen molar-refractivity contribution in [2.75, 3.05) is 37.3 Å². The topological polar surface area (TPSA) is 107 Å². The molecule has 0 aliphatic carbocycles. The van der Waals surface area contributed by atoms with Crippen LogP contribution in [0.15, 0.2) is 24.3 Å². The standard InChI is InChI=1S/C20H28N4O5S/c1-14(2)15-4-6-16(7-5-15)24-19(26)17(21-20(24)27)8-9-18(25)22-10-12-23(13-11-22)30(3,28)29/h4-7,14,17H,8-13H2,1-3H3,(H,21,27)/t17-/m0/s1. The Hall–Kier alpha value is -2.46. The third-order valence-electron chi connectivity index (χ3n) is 5.54. The van der Waals surface area contributed by atoms with Crippen molar-refractivity contribution < 1.29 is 22.8 Å². The van der Waals surface area contributed by atoms with E-state index in [1.807, 2.05) is 12.1 Å². The number of carbonyl (C=O) groups excluding carboxylic acids is 3. The number of anilines is 1. The van der Waals surface area contributed by atoms with Gasteiger partial charge in [-0.2, -0.15) is 4.31 Å². The van der Waals surface area contributed by atoms with Crippen LogP contribution in [-0.2, 0) is 19.6 Å². The highest BCUT2D eigenvalue weighted by atomic mass is 32.2. The normalized spacial score (nSPS) is 20.7. The van der Waals surface area contributed by atoms with Gasteiger partial charge in [-0.3, -0.25) is 9.59 Å². The summed E-state index contributed by atoms with van der Waals surface area (Å²) in [6.07, 6.45) is 1.47. The quantitative estimate of drug-likeness (QED) is 0.673. The lowest BCUT2D eigenvalue weighted by Gasteiger charge is -2.33. The maximum atomic E-state index is 12.7. The van der Waals surface area contributed by atoms with Crippen molar-refractivity contribution in [3.63, 3.8) is 0 Å². The number of amides is 4. The second-order valence-corrected chi connectivity index (χ2v) is 9.99. The Morgan fingerprint density at radius 1 is 1.10 bits per heavy atom. The fraction of sp³-hybridized carbons (Fsp3) is 0.550.